The minimum absolute atomic E-state index is 0.0132. The van der Waals surface area contributed by atoms with Crippen LogP contribution in [0.1, 0.15) is 11.1 Å². The molecule has 0 spiro atoms. The molecule has 0 aliphatic carbocycles. The molecule has 0 fully saturated rings. The van der Waals surface area contributed by atoms with E-state index in [0.717, 1.165) is 0 Å². The van der Waals surface area contributed by atoms with Gasteiger partial charge in [0.15, 0.2) is 0 Å². The molecule has 0 bridgehead atoms. The number of likely N-dealkylation sites (N-methyl/N-ethyl adjacent to an activating group) is 1. The summed E-state index contributed by atoms with van der Waals surface area (Å²) in [6, 6.07) is 6.36. The van der Waals surface area contributed by atoms with Gasteiger partial charge in [-0.05, 0) is 6.07 Å². The molecule has 1 rings (SSSR count). The van der Waals surface area contributed by atoms with Gasteiger partial charge in [0.2, 0.25) is 5.91 Å². The van der Waals surface area contributed by atoms with Crippen LogP contribution in [0.5, 0.6) is 0 Å². The van der Waals surface area contributed by atoms with E-state index >= 15 is 0 Å². The molecule has 2 N–H and O–H groups in total. The molecule has 5 heteroatoms. The molecule has 0 aliphatic heterocycles. The molecule has 1 aromatic rings. The molecule has 0 unspecified atom stereocenters. The monoisotopic (exact) mass is 221 g/mol. The second-order valence-corrected chi connectivity index (χ2v) is 3.17. The Morgan fingerprint density at radius 3 is 2.94 bits per heavy atom. The Hall–Kier alpha value is -1.93. The van der Waals surface area contributed by atoms with Crippen LogP contribution < -0.4 is 10.6 Å². The van der Waals surface area contributed by atoms with Gasteiger partial charge in [-0.2, -0.15) is 5.26 Å². The zero-order valence-electron chi connectivity index (χ0n) is 8.88. The summed E-state index contributed by atoms with van der Waals surface area (Å²) < 4.78 is 13.5. The summed E-state index contributed by atoms with van der Waals surface area (Å²) in [6.07, 6.45) is 0. The highest BCUT2D eigenvalue weighted by atomic mass is 19.1. The van der Waals surface area contributed by atoms with E-state index in [1.54, 1.807) is 18.2 Å². The third-order valence-electron chi connectivity index (χ3n) is 2.08. The Morgan fingerprint density at radius 1 is 1.56 bits per heavy atom. The highest BCUT2D eigenvalue weighted by Gasteiger charge is 2.07. The number of carbonyl (C=O) groups excluding carboxylic acids is 1. The first-order chi connectivity index (χ1) is 7.69. The Balaban J connectivity index is 2.61. The van der Waals surface area contributed by atoms with Crippen molar-refractivity contribution in [3.63, 3.8) is 0 Å². The van der Waals surface area contributed by atoms with Gasteiger partial charge >= 0.3 is 0 Å². The summed E-state index contributed by atoms with van der Waals surface area (Å²) in [5.74, 6) is -0.703. The molecule has 0 radical (unpaired) electrons. The number of carbonyl (C=O) groups is 1. The standard InChI is InChI=1S/C11H12FN3O/c1-14-10(16)7-15-6-9-4-2-3-8(5-13)11(9)12/h2-4,15H,6-7H2,1H3,(H,14,16). The lowest BCUT2D eigenvalue weighted by Gasteiger charge is -2.05. The van der Waals surface area contributed by atoms with Crippen LogP contribution in [-0.4, -0.2) is 19.5 Å². The number of nitrogens with one attached hydrogen (secondary N) is 2. The van der Waals surface area contributed by atoms with Crippen LogP contribution in [0.15, 0.2) is 18.2 Å². The molecule has 0 saturated carbocycles. The van der Waals surface area contributed by atoms with Crippen molar-refractivity contribution in [2.45, 2.75) is 6.54 Å². The van der Waals surface area contributed by atoms with Crippen LogP contribution in [0.4, 0.5) is 4.39 Å². The van der Waals surface area contributed by atoms with Crippen LogP contribution in [0.25, 0.3) is 0 Å². The van der Waals surface area contributed by atoms with Crippen molar-refractivity contribution in [1.29, 1.82) is 5.26 Å². The molecule has 0 heterocycles. The van der Waals surface area contributed by atoms with Gasteiger partial charge < -0.3 is 10.6 Å². The van der Waals surface area contributed by atoms with Gasteiger partial charge in [-0.15, -0.1) is 0 Å². The van der Waals surface area contributed by atoms with Gasteiger partial charge in [0.05, 0.1) is 12.1 Å². The fourth-order valence-electron chi connectivity index (χ4n) is 1.20. The SMILES string of the molecule is CNC(=O)CNCc1cccc(C#N)c1F. The number of hydrogen-bond acceptors (Lipinski definition) is 3. The summed E-state index contributed by atoms with van der Waals surface area (Å²) in [5.41, 5.74) is 0.391. The zero-order valence-corrected chi connectivity index (χ0v) is 8.88. The molecule has 0 saturated heterocycles. The number of benzene rings is 1. The van der Waals surface area contributed by atoms with Crippen molar-refractivity contribution in [2.24, 2.45) is 0 Å². The van der Waals surface area contributed by atoms with Gasteiger partial charge in [-0.25, -0.2) is 4.39 Å². The summed E-state index contributed by atoms with van der Waals surface area (Å²) in [7, 11) is 1.53. The molecule has 0 atom stereocenters. The van der Waals surface area contributed by atoms with Crippen molar-refractivity contribution in [3.05, 3.63) is 35.1 Å². The van der Waals surface area contributed by atoms with Crippen LogP contribution in [0.2, 0.25) is 0 Å². The molecule has 0 aromatic heterocycles. The first-order valence-corrected chi connectivity index (χ1v) is 4.77. The maximum absolute atomic E-state index is 13.5. The average Bonchev–Trinajstić information content (AvgIpc) is 2.31. The minimum Gasteiger partial charge on any atom is -0.358 e. The van der Waals surface area contributed by atoms with Gasteiger partial charge in [-0.1, -0.05) is 12.1 Å². The molecule has 84 valence electrons. The number of hydrogen-bond donors (Lipinski definition) is 2. The third-order valence-corrected chi connectivity index (χ3v) is 2.08. The lowest BCUT2D eigenvalue weighted by atomic mass is 10.1. The lowest BCUT2D eigenvalue weighted by Crippen LogP contribution is -2.31. The zero-order chi connectivity index (χ0) is 12.0. The van der Waals surface area contributed by atoms with Crippen molar-refractivity contribution < 1.29 is 9.18 Å². The Bertz CT molecular complexity index is 426. The summed E-state index contributed by atoms with van der Waals surface area (Å²) in [5, 5.41) is 13.8. The van der Waals surface area contributed by atoms with E-state index < -0.39 is 5.82 Å². The van der Waals surface area contributed by atoms with Crippen molar-refractivity contribution in [2.75, 3.05) is 13.6 Å². The smallest absolute Gasteiger partial charge is 0.233 e. The largest absolute Gasteiger partial charge is 0.358 e. The van der Waals surface area contributed by atoms with Gasteiger partial charge in [0.1, 0.15) is 11.9 Å². The Morgan fingerprint density at radius 2 is 2.31 bits per heavy atom. The molecule has 1 amide bonds. The summed E-state index contributed by atoms with van der Waals surface area (Å²) >= 11 is 0. The third kappa shape index (κ3) is 3.04. The van der Waals surface area contributed by atoms with Crippen molar-refractivity contribution in [1.82, 2.24) is 10.6 Å². The quantitative estimate of drug-likeness (QED) is 0.779. The van der Waals surface area contributed by atoms with E-state index in [1.807, 2.05) is 0 Å². The normalized spacial score (nSPS) is 9.56. The molecule has 4 nitrogen and oxygen atoms in total. The van der Waals surface area contributed by atoms with E-state index in [-0.39, 0.29) is 24.6 Å². The van der Waals surface area contributed by atoms with E-state index in [0.29, 0.717) is 5.56 Å². The molecular weight excluding hydrogens is 209 g/mol. The maximum atomic E-state index is 13.5. The van der Waals surface area contributed by atoms with E-state index in [4.69, 9.17) is 5.26 Å². The maximum Gasteiger partial charge on any atom is 0.233 e. The number of nitriles is 1. The Labute approximate surface area is 93.1 Å². The predicted octanol–water partition coefficient (Wildman–Crippen LogP) is 0.533. The van der Waals surface area contributed by atoms with Gasteiger partial charge in [-0.3, -0.25) is 4.79 Å². The number of rotatable bonds is 4. The van der Waals surface area contributed by atoms with Crippen molar-refractivity contribution in [3.8, 4) is 6.07 Å². The van der Waals surface area contributed by atoms with Gasteiger partial charge in [0, 0.05) is 19.2 Å². The molecule has 0 aliphatic rings. The second kappa shape index (κ2) is 5.83. The average molecular weight is 221 g/mol. The number of amides is 1. The highest BCUT2D eigenvalue weighted by Crippen LogP contribution is 2.11. The van der Waals surface area contributed by atoms with Crippen molar-refractivity contribution >= 4 is 5.91 Å². The van der Waals surface area contributed by atoms with Crippen LogP contribution in [-0.2, 0) is 11.3 Å². The van der Waals surface area contributed by atoms with Crippen LogP contribution >= 0.6 is 0 Å². The number of nitrogens with zero attached hydrogens (tertiary/aromatic N) is 1. The lowest BCUT2D eigenvalue weighted by molar-refractivity contribution is -0.119. The van der Waals surface area contributed by atoms with E-state index in [2.05, 4.69) is 10.6 Å². The molecular formula is C11H12FN3O. The highest BCUT2D eigenvalue weighted by molar-refractivity contribution is 5.77. The van der Waals surface area contributed by atoms with E-state index in [1.165, 1.54) is 13.1 Å². The molecule has 1 aromatic carbocycles. The second-order valence-electron chi connectivity index (χ2n) is 3.17. The van der Waals surface area contributed by atoms with Crippen LogP contribution in [0, 0.1) is 17.1 Å². The fourth-order valence-corrected chi connectivity index (χ4v) is 1.20. The first kappa shape index (κ1) is 12.1. The first-order valence-electron chi connectivity index (χ1n) is 4.77. The number of halogens is 1. The summed E-state index contributed by atoms with van der Waals surface area (Å²) in [4.78, 5) is 10.9. The minimum atomic E-state index is -0.533. The topological polar surface area (TPSA) is 64.9 Å². The van der Waals surface area contributed by atoms with Gasteiger partial charge in [0.25, 0.3) is 0 Å². The van der Waals surface area contributed by atoms with E-state index in [9.17, 15) is 9.18 Å². The predicted molar refractivity (Wildman–Crippen MR) is 56.9 cm³/mol. The summed E-state index contributed by atoms with van der Waals surface area (Å²) in [6.45, 7) is 0.335. The fraction of sp³-hybridized carbons (Fsp3) is 0.273. The molecule has 16 heavy (non-hydrogen) atoms. The Kier molecular flexibility index (Phi) is 4.42. The van der Waals surface area contributed by atoms with Crippen LogP contribution in [0.3, 0.4) is 0 Å².